The first-order valence-electron chi connectivity index (χ1n) is 5.41. The third-order valence-electron chi connectivity index (χ3n) is 2.39. The van der Waals surface area contributed by atoms with Crippen LogP contribution in [0.15, 0.2) is 30.3 Å². The molecule has 5 nitrogen and oxygen atoms in total. The van der Waals surface area contributed by atoms with Gasteiger partial charge in [-0.1, -0.05) is 23.2 Å². The standard InChI is InChI=1S/C12H9Cl2FN4O/c13-6-1-3-8(15)9(5-6)17-12(20)11-7(14)2-4-10(18-11)19-16/h1-5H,16H2,(H,17,20)(H,18,19). The van der Waals surface area contributed by atoms with Crippen molar-refractivity contribution in [1.82, 2.24) is 4.98 Å². The Morgan fingerprint density at radius 1 is 1.25 bits per heavy atom. The highest BCUT2D eigenvalue weighted by atomic mass is 35.5. The Morgan fingerprint density at radius 2 is 2.00 bits per heavy atom. The maximum absolute atomic E-state index is 13.5. The van der Waals surface area contributed by atoms with E-state index in [0.717, 1.165) is 6.07 Å². The van der Waals surface area contributed by atoms with Crippen LogP contribution in [0.1, 0.15) is 10.5 Å². The third kappa shape index (κ3) is 3.16. The number of nitrogens with two attached hydrogens (primary N) is 1. The molecule has 0 aliphatic carbocycles. The molecule has 1 aromatic carbocycles. The monoisotopic (exact) mass is 314 g/mol. The van der Waals surface area contributed by atoms with Crippen molar-refractivity contribution in [2.24, 2.45) is 5.84 Å². The van der Waals surface area contributed by atoms with Crippen LogP contribution in [-0.4, -0.2) is 10.9 Å². The van der Waals surface area contributed by atoms with E-state index in [1.807, 2.05) is 0 Å². The summed E-state index contributed by atoms with van der Waals surface area (Å²) in [6.45, 7) is 0. The zero-order valence-corrected chi connectivity index (χ0v) is 11.5. The lowest BCUT2D eigenvalue weighted by Gasteiger charge is -2.08. The number of nitrogens with zero attached hydrogens (tertiary/aromatic N) is 1. The summed E-state index contributed by atoms with van der Waals surface area (Å²) in [5, 5.41) is 2.75. The number of anilines is 2. The van der Waals surface area contributed by atoms with Crippen molar-refractivity contribution < 1.29 is 9.18 Å². The number of hydrogen-bond acceptors (Lipinski definition) is 4. The van der Waals surface area contributed by atoms with E-state index in [-0.39, 0.29) is 27.2 Å². The highest BCUT2D eigenvalue weighted by molar-refractivity contribution is 6.34. The number of nitrogen functional groups attached to an aromatic ring is 1. The summed E-state index contributed by atoms with van der Waals surface area (Å²) >= 11 is 11.6. The highest BCUT2D eigenvalue weighted by Gasteiger charge is 2.15. The topological polar surface area (TPSA) is 80.0 Å². The fourth-order valence-corrected chi connectivity index (χ4v) is 1.82. The van der Waals surface area contributed by atoms with Crippen molar-refractivity contribution in [1.29, 1.82) is 0 Å². The molecule has 0 fully saturated rings. The molecule has 1 heterocycles. The molecule has 2 rings (SSSR count). The maximum atomic E-state index is 13.5. The van der Waals surface area contributed by atoms with Crippen molar-refractivity contribution in [3.63, 3.8) is 0 Å². The number of hydrogen-bond donors (Lipinski definition) is 3. The van der Waals surface area contributed by atoms with Gasteiger partial charge in [-0.2, -0.15) is 0 Å². The van der Waals surface area contributed by atoms with Gasteiger partial charge in [0, 0.05) is 5.02 Å². The minimum Gasteiger partial charge on any atom is -0.318 e. The molecule has 20 heavy (non-hydrogen) atoms. The van der Waals surface area contributed by atoms with Crippen LogP contribution < -0.4 is 16.6 Å². The lowest BCUT2D eigenvalue weighted by Crippen LogP contribution is -2.17. The second-order valence-electron chi connectivity index (χ2n) is 3.75. The van der Waals surface area contributed by atoms with Crippen LogP contribution in [0.5, 0.6) is 0 Å². The number of benzene rings is 1. The number of aromatic nitrogens is 1. The Balaban J connectivity index is 2.30. The van der Waals surface area contributed by atoms with E-state index in [4.69, 9.17) is 29.0 Å². The van der Waals surface area contributed by atoms with Crippen molar-refractivity contribution in [2.75, 3.05) is 10.7 Å². The summed E-state index contributed by atoms with van der Waals surface area (Å²) in [6.07, 6.45) is 0. The molecule has 104 valence electrons. The molecule has 2 aromatic rings. The molecule has 0 bridgehead atoms. The second-order valence-corrected chi connectivity index (χ2v) is 4.59. The normalized spacial score (nSPS) is 10.2. The average molecular weight is 315 g/mol. The Morgan fingerprint density at radius 3 is 2.70 bits per heavy atom. The summed E-state index contributed by atoms with van der Waals surface area (Å²) in [5.41, 5.74) is 2.14. The predicted octanol–water partition coefficient (Wildman–Crippen LogP) is 3.07. The van der Waals surface area contributed by atoms with Gasteiger partial charge in [-0.3, -0.25) is 4.79 Å². The Bertz CT molecular complexity index is 666. The Hall–Kier alpha value is -1.89. The minimum atomic E-state index is -0.673. The van der Waals surface area contributed by atoms with Gasteiger partial charge in [0.25, 0.3) is 5.91 Å². The van der Waals surface area contributed by atoms with E-state index in [0.29, 0.717) is 0 Å². The molecule has 0 saturated carbocycles. The van der Waals surface area contributed by atoms with Gasteiger partial charge in [0.15, 0.2) is 0 Å². The molecule has 0 unspecified atom stereocenters. The molecule has 0 atom stereocenters. The number of carbonyl (C=O) groups is 1. The molecule has 0 aliphatic heterocycles. The van der Waals surface area contributed by atoms with Crippen molar-refractivity contribution in [3.05, 3.63) is 51.9 Å². The largest absolute Gasteiger partial charge is 0.318 e. The van der Waals surface area contributed by atoms with Gasteiger partial charge in [0.1, 0.15) is 17.3 Å². The number of halogens is 3. The summed E-state index contributed by atoms with van der Waals surface area (Å²) < 4.78 is 13.5. The Kier molecular flexibility index (Phi) is 4.39. The molecule has 1 aromatic heterocycles. The van der Waals surface area contributed by atoms with Crippen LogP contribution in [-0.2, 0) is 0 Å². The Labute approximate surface area is 123 Å². The summed E-state index contributed by atoms with van der Waals surface area (Å²) in [7, 11) is 0. The van der Waals surface area contributed by atoms with Crippen LogP contribution in [0.4, 0.5) is 15.9 Å². The van der Waals surface area contributed by atoms with Crippen molar-refractivity contribution in [3.8, 4) is 0 Å². The fraction of sp³-hybridized carbons (Fsp3) is 0. The van der Waals surface area contributed by atoms with Gasteiger partial charge in [0.2, 0.25) is 0 Å². The van der Waals surface area contributed by atoms with Crippen LogP contribution in [0.3, 0.4) is 0 Å². The summed E-state index contributed by atoms with van der Waals surface area (Å²) in [6, 6.07) is 6.75. The number of rotatable bonds is 3. The van der Waals surface area contributed by atoms with Crippen LogP contribution >= 0.6 is 23.2 Å². The minimum absolute atomic E-state index is 0.0634. The maximum Gasteiger partial charge on any atom is 0.275 e. The third-order valence-corrected chi connectivity index (χ3v) is 2.93. The smallest absolute Gasteiger partial charge is 0.275 e. The fourth-order valence-electron chi connectivity index (χ4n) is 1.46. The lowest BCUT2D eigenvalue weighted by molar-refractivity contribution is 0.102. The summed E-state index contributed by atoms with van der Waals surface area (Å²) in [4.78, 5) is 15.9. The van der Waals surface area contributed by atoms with Crippen molar-refractivity contribution in [2.45, 2.75) is 0 Å². The van der Waals surface area contributed by atoms with E-state index in [2.05, 4.69) is 15.7 Å². The second kappa shape index (κ2) is 6.04. The predicted molar refractivity (Wildman–Crippen MR) is 76.4 cm³/mol. The zero-order chi connectivity index (χ0) is 14.7. The van der Waals surface area contributed by atoms with Gasteiger partial charge in [-0.25, -0.2) is 15.2 Å². The van der Waals surface area contributed by atoms with E-state index in [9.17, 15) is 9.18 Å². The lowest BCUT2D eigenvalue weighted by atomic mass is 10.2. The highest BCUT2D eigenvalue weighted by Crippen LogP contribution is 2.22. The molecule has 0 saturated heterocycles. The number of carbonyl (C=O) groups excluding carboxylic acids is 1. The molecule has 4 N–H and O–H groups in total. The zero-order valence-electron chi connectivity index (χ0n) is 9.95. The number of pyridine rings is 1. The molecule has 0 aliphatic rings. The molecule has 0 radical (unpaired) electrons. The van der Waals surface area contributed by atoms with E-state index in [1.165, 1.54) is 24.3 Å². The summed E-state index contributed by atoms with van der Waals surface area (Å²) in [5.74, 6) is 4.16. The first-order valence-corrected chi connectivity index (χ1v) is 6.16. The number of nitrogens with one attached hydrogen (secondary N) is 2. The molecule has 0 spiro atoms. The average Bonchev–Trinajstić information content (AvgIpc) is 2.43. The first-order chi connectivity index (χ1) is 9.51. The molecule has 8 heteroatoms. The van der Waals surface area contributed by atoms with Gasteiger partial charge < -0.3 is 10.7 Å². The van der Waals surface area contributed by atoms with Crippen LogP contribution in [0, 0.1) is 5.82 Å². The van der Waals surface area contributed by atoms with Gasteiger partial charge in [0.05, 0.1) is 10.7 Å². The van der Waals surface area contributed by atoms with Gasteiger partial charge in [-0.05, 0) is 30.3 Å². The van der Waals surface area contributed by atoms with E-state index < -0.39 is 11.7 Å². The molecular formula is C12H9Cl2FN4O. The van der Waals surface area contributed by atoms with Crippen LogP contribution in [0.2, 0.25) is 10.0 Å². The van der Waals surface area contributed by atoms with Gasteiger partial charge in [-0.15, -0.1) is 0 Å². The van der Waals surface area contributed by atoms with E-state index >= 15 is 0 Å². The quantitative estimate of drug-likeness (QED) is 0.601. The SMILES string of the molecule is NNc1ccc(Cl)c(C(=O)Nc2cc(Cl)ccc2F)n1. The van der Waals surface area contributed by atoms with Gasteiger partial charge >= 0.3 is 0 Å². The first kappa shape index (κ1) is 14.5. The van der Waals surface area contributed by atoms with E-state index in [1.54, 1.807) is 0 Å². The van der Waals surface area contributed by atoms with Crippen LogP contribution in [0.25, 0.3) is 0 Å². The van der Waals surface area contributed by atoms with Crippen molar-refractivity contribution >= 4 is 40.6 Å². The number of amides is 1. The number of hydrazine groups is 1. The molecular weight excluding hydrogens is 306 g/mol. The molecule has 1 amide bonds.